The smallest absolute Gasteiger partial charge is 0.340 e. The van der Waals surface area contributed by atoms with Crippen LogP contribution < -0.4 is 0 Å². The summed E-state index contributed by atoms with van der Waals surface area (Å²) in [7, 11) is 1.36. The average molecular weight is 390 g/mol. The zero-order valence-corrected chi connectivity index (χ0v) is 16.9. The van der Waals surface area contributed by atoms with E-state index in [4.69, 9.17) is 4.74 Å². The number of carbonyl (C=O) groups is 2. The van der Waals surface area contributed by atoms with Crippen molar-refractivity contribution in [1.29, 1.82) is 0 Å². The second-order valence-corrected chi connectivity index (χ2v) is 7.80. The number of hydrogen-bond donors (Lipinski definition) is 0. The topological polar surface area (TPSA) is 51.5 Å². The number of carbonyl (C=O) groups excluding carboxylic acids is 2. The van der Waals surface area contributed by atoms with Crippen molar-refractivity contribution in [1.82, 2.24) is 9.47 Å². The molecule has 0 spiro atoms. The third kappa shape index (κ3) is 3.96. The molecule has 0 aliphatic carbocycles. The fraction of sp³-hybridized carbons (Fsp3) is 0.333. The number of hydrogen-bond acceptors (Lipinski definition) is 4. The number of aryl methyl sites for hydroxylation is 1. The number of para-hydroxylation sites is 1. The summed E-state index contributed by atoms with van der Waals surface area (Å²) in [5, 5.41) is 0.754. The number of fused-ring (bicyclic) bond motifs is 1. The Morgan fingerprint density at radius 3 is 2.41 bits per heavy atom. The molecule has 1 aliphatic heterocycles. The van der Waals surface area contributed by atoms with E-state index >= 15 is 0 Å². The Bertz CT molecular complexity index is 1030. The first-order valence-electron chi connectivity index (χ1n) is 10.1. The molecule has 4 rings (SSSR count). The number of nitrogens with zero attached hydrogens (tertiary/aromatic N) is 2. The predicted octanol–water partition coefficient (Wildman–Crippen LogP) is 4.29. The van der Waals surface area contributed by atoms with Crippen LogP contribution in [-0.2, 0) is 11.3 Å². The maximum Gasteiger partial charge on any atom is 0.340 e. The molecule has 1 aliphatic rings. The van der Waals surface area contributed by atoms with Crippen LogP contribution in [0.2, 0.25) is 0 Å². The highest BCUT2D eigenvalue weighted by Crippen LogP contribution is 2.26. The molecule has 0 N–H and O–H groups in total. The van der Waals surface area contributed by atoms with Crippen LogP contribution in [0.4, 0.5) is 0 Å². The number of esters is 1. The number of rotatable bonds is 4. The van der Waals surface area contributed by atoms with E-state index in [1.54, 1.807) is 10.8 Å². The molecule has 0 unspecified atom stereocenters. The Morgan fingerprint density at radius 1 is 1.03 bits per heavy atom. The molecule has 0 amide bonds. The first-order chi connectivity index (χ1) is 14.1. The molecule has 0 radical (unpaired) electrons. The molecule has 2 heterocycles. The van der Waals surface area contributed by atoms with Gasteiger partial charge in [0.2, 0.25) is 5.91 Å². The van der Waals surface area contributed by atoms with E-state index in [9.17, 15) is 9.59 Å². The fourth-order valence-corrected chi connectivity index (χ4v) is 4.12. The minimum atomic E-state index is -0.416. The second kappa shape index (κ2) is 8.21. The lowest BCUT2D eigenvalue weighted by Crippen LogP contribution is -2.37. The van der Waals surface area contributed by atoms with Crippen molar-refractivity contribution >= 4 is 22.8 Å². The Balaban J connectivity index is 1.47. The van der Waals surface area contributed by atoms with Gasteiger partial charge in [-0.2, -0.15) is 0 Å². The minimum absolute atomic E-state index is 0.0365. The third-order valence-corrected chi connectivity index (χ3v) is 5.82. The minimum Gasteiger partial charge on any atom is -0.465 e. The summed E-state index contributed by atoms with van der Waals surface area (Å²) < 4.78 is 6.53. The van der Waals surface area contributed by atoms with Crippen molar-refractivity contribution in [2.24, 2.45) is 5.92 Å². The highest BCUT2D eigenvalue weighted by Gasteiger charge is 2.28. The van der Waals surface area contributed by atoms with Crippen LogP contribution in [-0.4, -0.2) is 41.5 Å². The van der Waals surface area contributed by atoms with Gasteiger partial charge >= 0.3 is 5.97 Å². The molecule has 1 fully saturated rings. The summed E-state index contributed by atoms with van der Waals surface area (Å²) in [5.74, 6) is -0.391. The monoisotopic (exact) mass is 390 g/mol. The number of piperidine rings is 1. The van der Waals surface area contributed by atoms with Crippen LogP contribution in [0.15, 0.2) is 54.7 Å². The van der Waals surface area contributed by atoms with Crippen LogP contribution >= 0.6 is 0 Å². The first kappa shape index (κ1) is 19.4. The van der Waals surface area contributed by atoms with E-state index in [0.29, 0.717) is 5.56 Å². The number of benzene rings is 2. The van der Waals surface area contributed by atoms with Crippen LogP contribution in [0.5, 0.6) is 0 Å². The van der Waals surface area contributed by atoms with E-state index in [1.165, 1.54) is 18.2 Å². The molecule has 5 nitrogen and oxygen atoms in total. The van der Waals surface area contributed by atoms with Crippen LogP contribution in [0.3, 0.4) is 0 Å². The molecule has 0 bridgehead atoms. The summed E-state index contributed by atoms with van der Waals surface area (Å²) >= 11 is 0. The van der Waals surface area contributed by atoms with Gasteiger partial charge in [-0.3, -0.25) is 14.3 Å². The standard InChI is InChI=1S/C24H26N2O3/c1-17-7-9-18(10-8-17)15-25-13-11-19(12-14-25)23(27)26-16-21(24(28)29-2)20-5-3-4-6-22(20)26/h3-10,16,19H,11-15H2,1-2H3. The van der Waals surface area contributed by atoms with Gasteiger partial charge in [-0.05, 0) is 44.5 Å². The molecule has 0 atom stereocenters. The van der Waals surface area contributed by atoms with E-state index < -0.39 is 5.97 Å². The Morgan fingerprint density at radius 2 is 1.72 bits per heavy atom. The van der Waals surface area contributed by atoms with E-state index in [0.717, 1.165) is 43.4 Å². The number of aromatic nitrogens is 1. The lowest BCUT2D eigenvalue weighted by atomic mass is 9.95. The van der Waals surface area contributed by atoms with Crippen molar-refractivity contribution in [2.45, 2.75) is 26.3 Å². The van der Waals surface area contributed by atoms with Crippen molar-refractivity contribution in [2.75, 3.05) is 20.2 Å². The van der Waals surface area contributed by atoms with Gasteiger partial charge in [0.1, 0.15) is 0 Å². The van der Waals surface area contributed by atoms with Crippen molar-refractivity contribution in [3.63, 3.8) is 0 Å². The Hall–Kier alpha value is -2.92. The van der Waals surface area contributed by atoms with Gasteiger partial charge in [-0.15, -0.1) is 0 Å². The summed E-state index contributed by atoms with van der Waals surface area (Å²) in [6, 6.07) is 16.1. The zero-order valence-electron chi connectivity index (χ0n) is 16.9. The molecule has 2 aromatic carbocycles. The Kier molecular flexibility index (Phi) is 5.49. The van der Waals surface area contributed by atoms with Gasteiger partial charge in [0.15, 0.2) is 0 Å². The normalized spacial score (nSPS) is 15.5. The average Bonchev–Trinajstić information content (AvgIpc) is 3.14. The quantitative estimate of drug-likeness (QED) is 0.624. The largest absolute Gasteiger partial charge is 0.465 e. The SMILES string of the molecule is COC(=O)c1cn(C(=O)C2CCN(Cc3ccc(C)cc3)CC2)c2ccccc12. The number of methoxy groups -OCH3 is 1. The summed E-state index contributed by atoms with van der Waals surface area (Å²) in [5.41, 5.74) is 3.77. The maximum absolute atomic E-state index is 13.2. The molecule has 150 valence electrons. The van der Waals surface area contributed by atoms with Crippen molar-refractivity contribution in [3.8, 4) is 0 Å². The highest BCUT2D eigenvalue weighted by molar-refractivity contribution is 6.07. The van der Waals surface area contributed by atoms with E-state index in [-0.39, 0.29) is 11.8 Å². The number of likely N-dealkylation sites (tertiary alicyclic amines) is 1. The van der Waals surface area contributed by atoms with Gasteiger partial charge < -0.3 is 4.74 Å². The van der Waals surface area contributed by atoms with Crippen molar-refractivity contribution < 1.29 is 14.3 Å². The number of ether oxygens (including phenoxy) is 1. The summed E-state index contributed by atoms with van der Waals surface area (Å²) in [6.07, 6.45) is 3.28. The van der Waals surface area contributed by atoms with Crippen LogP contribution in [0.1, 0.15) is 39.1 Å². The van der Waals surface area contributed by atoms with Gasteiger partial charge in [0, 0.05) is 24.0 Å². The fourth-order valence-electron chi connectivity index (χ4n) is 4.12. The van der Waals surface area contributed by atoms with Crippen LogP contribution in [0.25, 0.3) is 10.9 Å². The molecular weight excluding hydrogens is 364 g/mol. The Labute approximate surface area is 170 Å². The lowest BCUT2D eigenvalue weighted by molar-refractivity contribution is 0.0603. The molecule has 1 aromatic heterocycles. The van der Waals surface area contributed by atoms with Gasteiger partial charge in [-0.1, -0.05) is 48.0 Å². The lowest BCUT2D eigenvalue weighted by Gasteiger charge is -2.31. The van der Waals surface area contributed by atoms with E-state index in [1.807, 2.05) is 24.3 Å². The van der Waals surface area contributed by atoms with Gasteiger partial charge in [0.25, 0.3) is 0 Å². The summed E-state index contributed by atoms with van der Waals surface area (Å²) in [4.78, 5) is 27.8. The second-order valence-electron chi connectivity index (χ2n) is 7.80. The van der Waals surface area contributed by atoms with Gasteiger partial charge in [-0.25, -0.2) is 4.79 Å². The maximum atomic E-state index is 13.2. The molecular formula is C24H26N2O3. The third-order valence-electron chi connectivity index (χ3n) is 5.82. The zero-order chi connectivity index (χ0) is 20.4. The van der Waals surface area contributed by atoms with Gasteiger partial charge in [0.05, 0.1) is 18.2 Å². The molecule has 0 saturated carbocycles. The molecule has 5 heteroatoms. The molecule has 29 heavy (non-hydrogen) atoms. The van der Waals surface area contributed by atoms with Crippen molar-refractivity contribution in [3.05, 3.63) is 71.4 Å². The van der Waals surface area contributed by atoms with E-state index in [2.05, 4.69) is 36.1 Å². The summed E-state index contributed by atoms with van der Waals surface area (Å²) in [6.45, 7) is 4.80. The molecule has 1 saturated heterocycles. The molecule has 3 aromatic rings. The van der Waals surface area contributed by atoms with Crippen LogP contribution in [0, 0.1) is 12.8 Å². The first-order valence-corrected chi connectivity index (χ1v) is 10.1. The predicted molar refractivity (Wildman–Crippen MR) is 113 cm³/mol. The highest BCUT2D eigenvalue weighted by atomic mass is 16.5.